The summed E-state index contributed by atoms with van der Waals surface area (Å²) in [5, 5.41) is 11.5. The van der Waals surface area contributed by atoms with E-state index in [4.69, 9.17) is 5.11 Å². The highest BCUT2D eigenvalue weighted by Gasteiger charge is 2.34. The number of carbonyl (C=O) groups excluding carboxylic acids is 1. The molecule has 1 amide bonds. The van der Waals surface area contributed by atoms with Gasteiger partial charge in [-0.15, -0.1) is 0 Å². The zero-order chi connectivity index (χ0) is 14.1. The fourth-order valence-electron chi connectivity index (χ4n) is 2.75. The van der Waals surface area contributed by atoms with E-state index in [9.17, 15) is 9.59 Å². The van der Waals surface area contributed by atoms with Crippen LogP contribution < -0.4 is 5.32 Å². The number of pyridine rings is 1. The van der Waals surface area contributed by atoms with Crippen molar-refractivity contribution in [2.45, 2.75) is 25.4 Å². The SMILES string of the molecule is O=C(O)C=Cc1cnc2c(c1)CN1CCC[C@@H]1C(=O)N2. The number of anilines is 1. The molecule has 0 unspecified atom stereocenters. The molecular weight excluding hydrogens is 258 g/mol. The molecule has 1 fully saturated rings. The number of hydrogen-bond donors (Lipinski definition) is 2. The fourth-order valence-corrected chi connectivity index (χ4v) is 2.75. The van der Waals surface area contributed by atoms with Crippen molar-refractivity contribution in [3.8, 4) is 0 Å². The first-order valence-corrected chi connectivity index (χ1v) is 6.58. The third-order valence-corrected chi connectivity index (χ3v) is 3.69. The Morgan fingerprint density at radius 1 is 1.55 bits per heavy atom. The number of aliphatic carboxylic acids is 1. The van der Waals surface area contributed by atoms with Gasteiger partial charge in [-0.05, 0) is 37.1 Å². The van der Waals surface area contributed by atoms with Gasteiger partial charge >= 0.3 is 5.97 Å². The number of nitrogens with one attached hydrogen (secondary N) is 1. The van der Waals surface area contributed by atoms with Crippen molar-refractivity contribution in [2.75, 3.05) is 11.9 Å². The number of hydrogen-bond acceptors (Lipinski definition) is 4. The lowest BCUT2D eigenvalue weighted by atomic mass is 10.1. The molecule has 0 aromatic carbocycles. The molecule has 104 valence electrons. The fraction of sp³-hybridized carbons (Fsp3) is 0.357. The maximum Gasteiger partial charge on any atom is 0.328 e. The molecule has 3 rings (SSSR count). The largest absolute Gasteiger partial charge is 0.478 e. The van der Waals surface area contributed by atoms with Gasteiger partial charge in [0.05, 0.1) is 6.04 Å². The lowest BCUT2D eigenvalue weighted by molar-refractivity contribution is -0.131. The van der Waals surface area contributed by atoms with Gasteiger partial charge in [-0.3, -0.25) is 9.69 Å². The summed E-state index contributed by atoms with van der Waals surface area (Å²) in [4.78, 5) is 29.0. The minimum Gasteiger partial charge on any atom is -0.478 e. The Kier molecular flexibility index (Phi) is 3.23. The molecular formula is C14H15N3O3. The van der Waals surface area contributed by atoms with E-state index in [-0.39, 0.29) is 11.9 Å². The second-order valence-electron chi connectivity index (χ2n) is 5.07. The van der Waals surface area contributed by atoms with Crippen LogP contribution in [-0.2, 0) is 16.1 Å². The Morgan fingerprint density at radius 3 is 3.20 bits per heavy atom. The summed E-state index contributed by atoms with van der Waals surface area (Å²) < 4.78 is 0. The number of carboxylic acid groups (broad SMARTS) is 1. The van der Waals surface area contributed by atoms with Crippen LogP contribution in [0.4, 0.5) is 5.82 Å². The van der Waals surface area contributed by atoms with Gasteiger partial charge in [0.2, 0.25) is 5.91 Å². The van der Waals surface area contributed by atoms with Gasteiger partial charge in [-0.2, -0.15) is 0 Å². The zero-order valence-corrected chi connectivity index (χ0v) is 10.9. The van der Waals surface area contributed by atoms with E-state index in [2.05, 4.69) is 15.2 Å². The maximum absolute atomic E-state index is 12.1. The second kappa shape index (κ2) is 5.05. The van der Waals surface area contributed by atoms with Crippen molar-refractivity contribution in [2.24, 2.45) is 0 Å². The van der Waals surface area contributed by atoms with Gasteiger partial charge in [-0.1, -0.05) is 0 Å². The van der Waals surface area contributed by atoms with Crippen LogP contribution in [0.2, 0.25) is 0 Å². The van der Waals surface area contributed by atoms with Crippen LogP contribution in [0.5, 0.6) is 0 Å². The maximum atomic E-state index is 12.1. The molecule has 2 aliphatic heterocycles. The van der Waals surface area contributed by atoms with E-state index in [1.807, 2.05) is 6.07 Å². The first-order valence-electron chi connectivity index (χ1n) is 6.58. The number of aromatic nitrogens is 1. The zero-order valence-electron chi connectivity index (χ0n) is 10.9. The van der Waals surface area contributed by atoms with Crippen LogP contribution in [0.25, 0.3) is 6.08 Å². The molecule has 1 aromatic rings. The van der Waals surface area contributed by atoms with E-state index in [0.717, 1.165) is 36.6 Å². The van der Waals surface area contributed by atoms with Crippen LogP contribution in [-0.4, -0.2) is 39.5 Å². The Balaban J connectivity index is 1.91. The number of nitrogens with zero attached hydrogens (tertiary/aromatic N) is 2. The molecule has 1 atom stereocenters. The first-order chi connectivity index (χ1) is 9.63. The molecule has 6 heteroatoms. The normalized spacial score (nSPS) is 22.2. The van der Waals surface area contributed by atoms with Crippen molar-refractivity contribution in [3.05, 3.63) is 29.5 Å². The number of carboxylic acids is 1. The van der Waals surface area contributed by atoms with Crippen LogP contribution in [0.15, 0.2) is 18.3 Å². The van der Waals surface area contributed by atoms with E-state index in [1.54, 1.807) is 6.20 Å². The first kappa shape index (κ1) is 12.8. The number of rotatable bonds is 2. The average molecular weight is 273 g/mol. The minimum atomic E-state index is -0.993. The highest BCUT2D eigenvalue weighted by molar-refractivity contribution is 5.95. The van der Waals surface area contributed by atoms with Crippen molar-refractivity contribution in [1.29, 1.82) is 0 Å². The number of fused-ring (bicyclic) bond motifs is 2. The molecule has 2 N–H and O–H groups in total. The quantitative estimate of drug-likeness (QED) is 0.788. The monoisotopic (exact) mass is 273 g/mol. The summed E-state index contributed by atoms with van der Waals surface area (Å²) in [6.07, 6.45) is 6.06. The third kappa shape index (κ3) is 2.42. The van der Waals surface area contributed by atoms with Crippen molar-refractivity contribution >= 4 is 23.8 Å². The Hall–Kier alpha value is -2.21. The van der Waals surface area contributed by atoms with Gasteiger partial charge < -0.3 is 10.4 Å². The summed E-state index contributed by atoms with van der Waals surface area (Å²) in [7, 11) is 0. The van der Waals surface area contributed by atoms with Crippen LogP contribution in [0.1, 0.15) is 24.0 Å². The summed E-state index contributed by atoms with van der Waals surface area (Å²) in [6, 6.07) is 1.81. The standard InChI is InChI=1S/C14H15N3O3/c18-12(19)4-3-9-6-10-8-17-5-1-2-11(17)14(20)16-13(10)15-7-9/h3-4,6-7,11H,1-2,5,8H2,(H,18,19)(H,15,16,20)/t11-/m1/s1. The predicted molar refractivity (Wildman–Crippen MR) is 73.0 cm³/mol. The molecule has 0 saturated carbocycles. The molecule has 6 nitrogen and oxygen atoms in total. The number of amides is 1. The number of carbonyl (C=O) groups is 2. The summed E-state index contributed by atoms with van der Waals surface area (Å²) in [5.41, 5.74) is 1.65. The molecule has 1 aromatic heterocycles. The molecule has 0 aliphatic carbocycles. The average Bonchev–Trinajstić information content (AvgIpc) is 2.82. The molecule has 0 bridgehead atoms. The lowest BCUT2D eigenvalue weighted by Gasteiger charge is -2.19. The van der Waals surface area contributed by atoms with Gasteiger partial charge in [0.15, 0.2) is 0 Å². The minimum absolute atomic E-state index is 0.00239. The second-order valence-corrected chi connectivity index (χ2v) is 5.07. The lowest BCUT2D eigenvalue weighted by Crippen LogP contribution is -2.36. The smallest absolute Gasteiger partial charge is 0.328 e. The van der Waals surface area contributed by atoms with Crippen LogP contribution in [0.3, 0.4) is 0 Å². The van der Waals surface area contributed by atoms with Crippen molar-refractivity contribution in [3.63, 3.8) is 0 Å². The van der Waals surface area contributed by atoms with E-state index in [1.165, 1.54) is 6.08 Å². The van der Waals surface area contributed by atoms with Gasteiger partial charge in [0, 0.05) is 24.4 Å². The Bertz CT molecular complexity index is 597. The van der Waals surface area contributed by atoms with Gasteiger partial charge in [-0.25, -0.2) is 9.78 Å². The summed E-state index contributed by atoms with van der Waals surface area (Å²) in [5.74, 6) is -0.410. The van der Waals surface area contributed by atoms with E-state index >= 15 is 0 Å². The van der Waals surface area contributed by atoms with E-state index < -0.39 is 5.97 Å². The molecule has 2 aliphatic rings. The highest BCUT2D eigenvalue weighted by Crippen LogP contribution is 2.27. The molecule has 20 heavy (non-hydrogen) atoms. The predicted octanol–water partition coefficient (Wildman–Crippen LogP) is 1.10. The third-order valence-electron chi connectivity index (χ3n) is 3.69. The Labute approximate surface area is 116 Å². The summed E-state index contributed by atoms with van der Waals surface area (Å²) >= 11 is 0. The summed E-state index contributed by atoms with van der Waals surface area (Å²) in [6.45, 7) is 1.58. The molecule has 0 radical (unpaired) electrons. The highest BCUT2D eigenvalue weighted by atomic mass is 16.4. The van der Waals surface area contributed by atoms with Gasteiger partial charge in [0.1, 0.15) is 5.82 Å². The molecule has 3 heterocycles. The van der Waals surface area contributed by atoms with Crippen LogP contribution >= 0.6 is 0 Å². The molecule has 0 spiro atoms. The Morgan fingerprint density at radius 2 is 2.40 bits per heavy atom. The van der Waals surface area contributed by atoms with Crippen molar-refractivity contribution < 1.29 is 14.7 Å². The van der Waals surface area contributed by atoms with E-state index in [0.29, 0.717) is 12.4 Å². The topological polar surface area (TPSA) is 82.5 Å². The van der Waals surface area contributed by atoms with Crippen molar-refractivity contribution in [1.82, 2.24) is 9.88 Å². The molecule has 1 saturated heterocycles. The van der Waals surface area contributed by atoms with Crippen LogP contribution in [0, 0.1) is 0 Å². The van der Waals surface area contributed by atoms with Gasteiger partial charge in [0.25, 0.3) is 0 Å².